The maximum absolute atomic E-state index is 13.2. The highest BCUT2D eigenvalue weighted by Gasteiger charge is 2.36. The molecule has 3 aromatic rings. The van der Waals surface area contributed by atoms with Gasteiger partial charge in [0.25, 0.3) is 5.91 Å². The summed E-state index contributed by atoms with van der Waals surface area (Å²) in [4.78, 5) is 21.6. The van der Waals surface area contributed by atoms with E-state index in [1.165, 1.54) is 34.4 Å². The van der Waals surface area contributed by atoms with Crippen LogP contribution in [0.4, 0.5) is 13.2 Å². The average Bonchev–Trinajstić information content (AvgIpc) is 3.44. The van der Waals surface area contributed by atoms with Crippen molar-refractivity contribution in [1.82, 2.24) is 19.9 Å². The maximum Gasteiger partial charge on any atom is 0.417 e. The molecule has 0 N–H and O–H groups in total. The minimum absolute atomic E-state index is 0.161. The van der Waals surface area contributed by atoms with E-state index in [4.69, 9.17) is 4.52 Å². The Balaban J connectivity index is 1.41. The first-order valence-electron chi connectivity index (χ1n) is 9.41. The molecule has 10 heteroatoms. The van der Waals surface area contributed by atoms with Gasteiger partial charge in [-0.1, -0.05) is 23.4 Å². The lowest BCUT2D eigenvalue weighted by atomic mass is 10.1. The van der Waals surface area contributed by atoms with Gasteiger partial charge in [0.05, 0.1) is 22.0 Å². The number of piperazine rings is 1. The van der Waals surface area contributed by atoms with Crippen LogP contribution in [-0.2, 0) is 6.18 Å². The van der Waals surface area contributed by atoms with Crippen LogP contribution < -0.4 is 0 Å². The number of carbonyl (C=O) groups excluding carboxylic acids is 1. The van der Waals surface area contributed by atoms with Crippen LogP contribution in [0.3, 0.4) is 0 Å². The fourth-order valence-corrected chi connectivity index (χ4v) is 4.12. The monoisotopic (exact) mass is 436 g/mol. The third-order valence-corrected chi connectivity index (χ3v) is 6.02. The number of benzene rings is 1. The summed E-state index contributed by atoms with van der Waals surface area (Å²) in [6, 6.07) is 8.55. The molecule has 1 atom stereocenters. The van der Waals surface area contributed by atoms with E-state index in [0.29, 0.717) is 37.9 Å². The molecule has 0 bridgehead atoms. The summed E-state index contributed by atoms with van der Waals surface area (Å²) in [6.45, 7) is 3.57. The Morgan fingerprint density at radius 1 is 1.13 bits per heavy atom. The Morgan fingerprint density at radius 3 is 2.53 bits per heavy atom. The Morgan fingerprint density at radius 2 is 1.87 bits per heavy atom. The molecule has 0 saturated carbocycles. The Hall–Kier alpha value is -2.72. The maximum atomic E-state index is 13.2. The van der Waals surface area contributed by atoms with Gasteiger partial charge in [-0.25, -0.2) is 0 Å². The summed E-state index contributed by atoms with van der Waals surface area (Å²) in [5.74, 6) is 0.401. The molecule has 1 unspecified atom stereocenters. The van der Waals surface area contributed by atoms with E-state index >= 15 is 0 Å². The van der Waals surface area contributed by atoms with E-state index in [1.54, 1.807) is 0 Å². The minimum atomic E-state index is -4.57. The van der Waals surface area contributed by atoms with Crippen molar-refractivity contribution in [3.05, 3.63) is 58.8 Å². The molecule has 1 amide bonds. The molecule has 1 aromatic carbocycles. The zero-order valence-corrected chi connectivity index (χ0v) is 16.9. The average molecular weight is 436 g/mol. The van der Waals surface area contributed by atoms with Gasteiger partial charge in [0.1, 0.15) is 0 Å². The second-order valence-corrected chi connectivity index (χ2v) is 7.93. The predicted molar refractivity (Wildman–Crippen MR) is 105 cm³/mol. The fourth-order valence-electron chi connectivity index (χ4n) is 3.47. The first-order chi connectivity index (χ1) is 14.3. The molecule has 2 aromatic heterocycles. The zero-order chi connectivity index (χ0) is 21.3. The standard InChI is InChI=1S/C20H19F3N4O2S/c1-13(18-24-17(25-29-18)16-7-4-12-30-16)26-8-10-27(11-9-26)19(28)14-5-2-3-6-15(14)20(21,22)23/h2-7,12-13H,8-11H2,1H3. The molecule has 4 rings (SSSR count). The molecular weight excluding hydrogens is 417 g/mol. The molecule has 0 spiro atoms. The molecule has 3 heterocycles. The summed E-state index contributed by atoms with van der Waals surface area (Å²) in [7, 11) is 0. The van der Waals surface area contributed by atoms with Crippen LogP contribution in [0.5, 0.6) is 0 Å². The smallest absolute Gasteiger partial charge is 0.337 e. The molecular formula is C20H19F3N4O2S. The number of amides is 1. The summed E-state index contributed by atoms with van der Waals surface area (Å²) in [5, 5.41) is 5.95. The molecule has 1 aliphatic heterocycles. The quantitative estimate of drug-likeness (QED) is 0.609. The molecule has 158 valence electrons. The fraction of sp³-hybridized carbons (Fsp3) is 0.350. The van der Waals surface area contributed by atoms with Gasteiger partial charge in [0.2, 0.25) is 11.7 Å². The van der Waals surface area contributed by atoms with Crippen molar-refractivity contribution in [1.29, 1.82) is 0 Å². The zero-order valence-electron chi connectivity index (χ0n) is 16.1. The highest BCUT2D eigenvalue weighted by atomic mass is 32.1. The van der Waals surface area contributed by atoms with Crippen molar-refractivity contribution >= 4 is 17.2 Å². The van der Waals surface area contributed by atoms with Crippen molar-refractivity contribution in [3.63, 3.8) is 0 Å². The Labute approximate surface area is 174 Å². The van der Waals surface area contributed by atoms with E-state index in [1.807, 2.05) is 24.4 Å². The van der Waals surface area contributed by atoms with Crippen LogP contribution in [0, 0.1) is 0 Å². The summed E-state index contributed by atoms with van der Waals surface area (Å²) >= 11 is 1.52. The molecule has 1 saturated heterocycles. The van der Waals surface area contributed by atoms with E-state index in [-0.39, 0.29) is 11.6 Å². The van der Waals surface area contributed by atoms with Gasteiger partial charge in [-0.15, -0.1) is 11.3 Å². The van der Waals surface area contributed by atoms with Gasteiger partial charge < -0.3 is 9.42 Å². The third kappa shape index (κ3) is 4.10. The number of aromatic nitrogens is 2. The first kappa shape index (κ1) is 20.5. The van der Waals surface area contributed by atoms with Gasteiger partial charge in [-0.2, -0.15) is 18.2 Å². The van der Waals surface area contributed by atoms with Gasteiger partial charge in [0.15, 0.2) is 0 Å². The van der Waals surface area contributed by atoms with E-state index < -0.39 is 17.6 Å². The van der Waals surface area contributed by atoms with E-state index in [2.05, 4.69) is 15.0 Å². The topological polar surface area (TPSA) is 62.5 Å². The highest BCUT2D eigenvalue weighted by Crippen LogP contribution is 2.33. The van der Waals surface area contributed by atoms with Crippen LogP contribution >= 0.6 is 11.3 Å². The van der Waals surface area contributed by atoms with Gasteiger partial charge in [-0.3, -0.25) is 9.69 Å². The van der Waals surface area contributed by atoms with E-state index in [9.17, 15) is 18.0 Å². The lowest BCUT2D eigenvalue weighted by Gasteiger charge is -2.37. The molecule has 6 nitrogen and oxygen atoms in total. The van der Waals surface area contributed by atoms with Crippen LogP contribution in [-0.4, -0.2) is 52.0 Å². The van der Waals surface area contributed by atoms with Gasteiger partial charge in [0, 0.05) is 26.2 Å². The van der Waals surface area contributed by atoms with E-state index in [0.717, 1.165) is 10.9 Å². The lowest BCUT2D eigenvalue weighted by molar-refractivity contribution is -0.138. The highest BCUT2D eigenvalue weighted by molar-refractivity contribution is 7.13. The number of rotatable bonds is 4. The normalized spacial score (nSPS) is 16.6. The van der Waals surface area contributed by atoms with Gasteiger partial charge in [-0.05, 0) is 30.5 Å². The number of hydrogen-bond acceptors (Lipinski definition) is 6. The second-order valence-electron chi connectivity index (χ2n) is 6.98. The van der Waals surface area contributed by atoms with Crippen molar-refractivity contribution in [3.8, 4) is 10.7 Å². The van der Waals surface area contributed by atoms with Crippen LogP contribution in [0.15, 0.2) is 46.3 Å². The SMILES string of the molecule is CC(c1nc(-c2cccs2)no1)N1CCN(C(=O)c2ccccc2C(F)(F)F)CC1. The number of nitrogens with zero attached hydrogens (tertiary/aromatic N) is 4. The Kier molecular flexibility index (Phi) is 5.61. The summed E-state index contributed by atoms with van der Waals surface area (Å²) < 4.78 is 45.1. The largest absolute Gasteiger partial charge is 0.417 e. The molecule has 0 aliphatic carbocycles. The van der Waals surface area contributed by atoms with Crippen molar-refractivity contribution in [2.24, 2.45) is 0 Å². The van der Waals surface area contributed by atoms with Crippen molar-refractivity contribution < 1.29 is 22.5 Å². The number of carbonyl (C=O) groups is 1. The summed E-state index contributed by atoms with van der Waals surface area (Å²) in [5.41, 5.74) is -1.22. The van der Waals surface area contributed by atoms with Crippen LogP contribution in [0.25, 0.3) is 10.7 Å². The minimum Gasteiger partial charge on any atom is -0.337 e. The first-order valence-corrected chi connectivity index (χ1v) is 10.3. The number of halogens is 3. The number of alkyl halides is 3. The number of hydrogen-bond donors (Lipinski definition) is 0. The predicted octanol–water partition coefficient (Wildman–Crippen LogP) is 4.34. The number of thiophene rings is 1. The molecule has 1 aliphatic rings. The molecule has 0 radical (unpaired) electrons. The molecule has 1 fully saturated rings. The third-order valence-electron chi connectivity index (χ3n) is 5.15. The Bertz CT molecular complexity index is 1010. The lowest BCUT2D eigenvalue weighted by Crippen LogP contribution is -2.49. The second kappa shape index (κ2) is 8.19. The summed E-state index contributed by atoms with van der Waals surface area (Å²) in [6.07, 6.45) is -4.57. The van der Waals surface area contributed by atoms with Crippen molar-refractivity contribution in [2.45, 2.75) is 19.1 Å². The molecule has 30 heavy (non-hydrogen) atoms. The van der Waals surface area contributed by atoms with Crippen LogP contribution in [0.2, 0.25) is 0 Å². The van der Waals surface area contributed by atoms with Gasteiger partial charge >= 0.3 is 6.18 Å². The van der Waals surface area contributed by atoms with Crippen molar-refractivity contribution in [2.75, 3.05) is 26.2 Å². The van der Waals surface area contributed by atoms with Crippen LogP contribution in [0.1, 0.15) is 34.8 Å².